The molecule has 0 amide bonds. The van der Waals surface area contributed by atoms with Crippen molar-refractivity contribution in [2.75, 3.05) is 0 Å². The minimum absolute atomic E-state index is 0.102. The first kappa shape index (κ1) is 15.5. The van der Waals surface area contributed by atoms with Gasteiger partial charge >= 0.3 is 0 Å². The van der Waals surface area contributed by atoms with Gasteiger partial charge in [-0.25, -0.2) is 13.1 Å². The first-order valence-corrected chi connectivity index (χ1v) is 9.81. The van der Waals surface area contributed by atoms with Gasteiger partial charge in [0.2, 0.25) is 10.0 Å². The molecule has 1 aromatic rings. The minimum atomic E-state index is -3.37. The first-order chi connectivity index (χ1) is 8.94. The SMILES string of the molecule is CCC1CCCCC1NS(=O)(=O)c1cc(C)c(Br)s1. The zero-order valence-electron chi connectivity index (χ0n) is 11.3. The summed E-state index contributed by atoms with van der Waals surface area (Å²) in [5.41, 5.74) is 0.973. The van der Waals surface area contributed by atoms with Crippen molar-refractivity contribution in [1.82, 2.24) is 4.72 Å². The lowest BCUT2D eigenvalue weighted by molar-refractivity contribution is 0.282. The van der Waals surface area contributed by atoms with E-state index in [2.05, 4.69) is 27.6 Å². The lowest BCUT2D eigenvalue weighted by Gasteiger charge is -2.31. The van der Waals surface area contributed by atoms with E-state index in [4.69, 9.17) is 0 Å². The van der Waals surface area contributed by atoms with Crippen LogP contribution in [-0.2, 0) is 10.0 Å². The van der Waals surface area contributed by atoms with Gasteiger partial charge in [-0.2, -0.15) is 0 Å². The van der Waals surface area contributed by atoms with Gasteiger partial charge in [-0.1, -0.05) is 26.2 Å². The van der Waals surface area contributed by atoms with Crippen molar-refractivity contribution in [2.24, 2.45) is 5.92 Å². The second kappa shape index (κ2) is 6.24. The van der Waals surface area contributed by atoms with Crippen molar-refractivity contribution in [3.63, 3.8) is 0 Å². The Morgan fingerprint density at radius 3 is 2.68 bits per heavy atom. The Morgan fingerprint density at radius 1 is 1.42 bits per heavy atom. The molecule has 0 aliphatic heterocycles. The van der Waals surface area contributed by atoms with Gasteiger partial charge in [0, 0.05) is 6.04 Å². The molecule has 1 aliphatic rings. The molecule has 1 heterocycles. The van der Waals surface area contributed by atoms with Crippen LogP contribution in [0.2, 0.25) is 0 Å². The quantitative estimate of drug-likeness (QED) is 0.873. The maximum atomic E-state index is 12.4. The Labute approximate surface area is 128 Å². The average molecular weight is 366 g/mol. The second-order valence-corrected chi connectivity index (χ2v) is 9.51. The summed E-state index contributed by atoms with van der Waals surface area (Å²) in [6.07, 6.45) is 5.48. The number of sulfonamides is 1. The summed E-state index contributed by atoms with van der Waals surface area (Å²) in [6.45, 7) is 4.05. The summed E-state index contributed by atoms with van der Waals surface area (Å²) in [5, 5.41) is 0. The van der Waals surface area contributed by atoms with E-state index in [1.54, 1.807) is 6.07 Å². The number of rotatable bonds is 4. The molecule has 0 spiro atoms. The van der Waals surface area contributed by atoms with Gasteiger partial charge in [0.25, 0.3) is 0 Å². The van der Waals surface area contributed by atoms with Crippen LogP contribution in [0.1, 0.15) is 44.6 Å². The summed E-state index contributed by atoms with van der Waals surface area (Å²) in [4.78, 5) is 0. The van der Waals surface area contributed by atoms with E-state index < -0.39 is 10.0 Å². The third-order valence-corrected chi connectivity index (χ3v) is 7.94. The van der Waals surface area contributed by atoms with Crippen LogP contribution in [0.5, 0.6) is 0 Å². The Hall–Kier alpha value is 0.0900. The van der Waals surface area contributed by atoms with Gasteiger partial charge in [0.15, 0.2) is 0 Å². The second-order valence-electron chi connectivity index (χ2n) is 5.20. The molecule has 1 aromatic heterocycles. The number of thiophene rings is 1. The molecule has 0 saturated heterocycles. The van der Waals surface area contributed by atoms with Crippen LogP contribution in [-0.4, -0.2) is 14.5 Å². The molecular formula is C13H20BrNO2S2. The minimum Gasteiger partial charge on any atom is -0.207 e. The van der Waals surface area contributed by atoms with Crippen LogP contribution in [0.25, 0.3) is 0 Å². The van der Waals surface area contributed by atoms with Gasteiger partial charge in [-0.15, -0.1) is 11.3 Å². The Bertz CT molecular complexity index is 519. The molecule has 1 N–H and O–H groups in total. The summed E-state index contributed by atoms with van der Waals surface area (Å²) in [6, 6.07) is 1.84. The van der Waals surface area contributed by atoms with E-state index in [1.165, 1.54) is 17.8 Å². The van der Waals surface area contributed by atoms with E-state index in [0.29, 0.717) is 10.1 Å². The van der Waals surface area contributed by atoms with Crippen molar-refractivity contribution >= 4 is 37.3 Å². The van der Waals surface area contributed by atoms with Gasteiger partial charge in [-0.05, 0) is 53.2 Å². The van der Waals surface area contributed by atoms with Crippen molar-refractivity contribution in [2.45, 2.75) is 56.2 Å². The fourth-order valence-corrected chi connectivity index (χ4v) is 6.25. The lowest BCUT2D eigenvalue weighted by atomic mass is 9.83. The molecule has 6 heteroatoms. The summed E-state index contributed by atoms with van der Waals surface area (Å²) < 4.78 is 29.0. The first-order valence-electron chi connectivity index (χ1n) is 6.72. The highest BCUT2D eigenvalue weighted by Crippen LogP contribution is 2.32. The molecule has 1 saturated carbocycles. The molecular weight excluding hydrogens is 346 g/mol. The van der Waals surface area contributed by atoms with Crippen molar-refractivity contribution < 1.29 is 8.42 Å². The largest absolute Gasteiger partial charge is 0.250 e. The summed E-state index contributed by atoms with van der Waals surface area (Å²) in [5.74, 6) is 0.480. The summed E-state index contributed by atoms with van der Waals surface area (Å²) >= 11 is 4.67. The average Bonchev–Trinajstić information content (AvgIpc) is 2.71. The highest BCUT2D eigenvalue weighted by Gasteiger charge is 2.29. The number of nitrogens with one attached hydrogen (secondary N) is 1. The lowest BCUT2D eigenvalue weighted by Crippen LogP contribution is -2.41. The highest BCUT2D eigenvalue weighted by molar-refractivity contribution is 9.11. The topological polar surface area (TPSA) is 46.2 Å². The monoisotopic (exact) mass is 365 g/mol. The number of aryl methyl sites for hydroxylation is 1. The highest BCUT2D eigenvalue weighted by atomic mass is 79.9. The fourth-order valence-electron chi connectivity index (χ4n) is 2.67. The third kappa shape index (κ3) is 3.60. The zero-order chi connectivity index (χ0) is 14.0. The molecule has 19 heavy (non-hydrogen) atoms. The van der Waals surface area contributed by atoms with Gasteiger partial charge in [0.05, 0.1) is 3.79 Å². The number of hydrogen-bond donors (Lipinski definition) is 1. The number of hydrogen-bond acceptors (Lipinski definition) is 3. The zero-order valence-corrected chi connectivity index (χ0v) is 14.5. The van der Waals surface area contributed by atoms with E-state index >= 15 is 0 Å². The van der Waals surface area contributed by atoms with Crippen LogP contribution in [0, 0.1) is 12.8 Å². The van der Waals surface area contributed by atoms with Crippen LogP contribution < -0.4 is 4.72 Å². The molecule has 3 nitrogen and oxygen atoms in total. The molecule has 0 aromatic carbocycles. The maximum Gasteiger partial charge on any atom is 0.250 e. The Balaban J connectivity index is 2.16. The van der Waals surface area contributed by atoms with Gasteiger partial charge < -0.3 is 0 Å². The van der Waals surface area contributed by atoms with Crippen LogP contribution in [0.4, 0.5) is 0 Å². The van der Waals surface area contributed by atoms with Crippen LogP contribution >= 0.6 is 27.3 Å². The molecule has 0 bridgehead atoms. The Morgan fingerprint density at radius 2 is 2.11 bits per heavy atom. The van der Waals surface area contributed by atoms with Crippen molar-refractivity contribution in [1.29, 1.82) is 0 Å². The molecule has 2 rings (SSSR count). The number of halogens is 1. The predicted molar refractivity (Wildman–Crippen MR) is 83.1 cm³/mol. The third-order valence-electron chi connectivity index (χ3n) is 3.84. The molecule has 1 aliphatic carbocycles. The molecule has 0 radical (unpaired) electrons. The van der Waals surface area contributed by atoms with E-state index in [9.17, 15) is 8.42 Å². The van der Waals surface area contributed by atoms with Crippen molar-refractivity contribution in [3.8, 4) is 0 Å². The van der Waals surface area contributed by atoms with E-state index in [1.807, 2.05) is 6.92 Å². The van der Waals surface area contributed by atoms with Gasteiger partial charge in [-0.3, -0.25) is 0 Å². The van der Waals surface area contributed by atoms with E-state index in [-0.39, 0.29) is 6.04 Å². The molecule has 1 fully saturated rings. The fraction of sp³-hybridized carbons (Fsp3) is 0.692. The predicted octanol–water partition coefficient (Wildman–Crippen LogP) is 4.07. The molecule has 2 atom stereocenters. The standard InChI is InChI=1S/C13H20BrNO2S2/c1-3-10-6-4-5-7-11(10)15-19(16,17)12-8-9(2)13(14)18-12/h8,10-11,15H,3-7H2,1-2H3. The molecule has 108 valence electrons. The van der Waals surface area contributed by atoms with Crippen LogP contribution in [0.3, 0.4) is 0 Å². The summed E-state index contributed by atoms with van der Waals surface area (Å²) in [7, 11) is -3.37. The van der Waals surface area contributed by atoms with Crippen LogP contribution in [0.15, 0.2) is 14.1 Å². The van der Waals surface area contributed by atoms with E-state index in [0.717, 1.165) is 35.0 Å². The van der Waals surface area contributed by atoms with Crippen molar-refractivity contribution in [3.05, 3.63) is 15.4 Å². The molecule has 2 unspecified atom stereocenters. The normalized spacial score (nSPS) is 24.6. The smallest absolute Gasteiger partial charge is 0.207 e. The maximum absolute atomic E-state index is 12.4. The Kier molecular flexibility index (Phi) is 5.09. The van der Waals surface area contributed by atoms with Gasteiger partial charge in [0.1, 0.15) is 4.21 Å².